The van der Waals surface area contributed by atoms with Gasteiger partial charge >= 0.3 is 17.9 Å². The molecule has 3 N–H and O–H groups in total. The van der Waals surface area contributed by atoms with E-state index in [1.807, 2.05) is 12.1 Å². The summed E-state index contributed by atoms with van der Waals surface area (Å²) in [6.07, 6.45) is 3.55. The van der Waals surface area contributed by atoms with E-state index in [1.165, 1.54) is 12.1 Å². The van der Waals surface area contributed by atoms with E-state index in [2.05, 4.69) is 0 Å². The van der Waals surface area contributed by atoms with Crippen molar-refractivity contribution in [3.63, 3.8) is 0 Å². The number of benzene rings is 1. The maximum atomic E-state index is 11.3. The Labute approximate surface area is 166 Å². The number of furan rings is 1. The van der Waals surface area contributed by atoms with Gasteiger partial charge in [0.25, 0.3) is 0 Å². The Morgan fingerprint density at radius 2 is 1.79 bits per heavy atom. The Bertz CT molecular complexity index is 948. The van der Waals surface area contributed by atoms with Crippen molar-refractivity contribution in [2.45, 2.75) is 19.8 Å². The lowest BCUT2D eigenvalue weighted by atomic mass is 9.72. The zero-order valence-corrected chi connectivity index (χ0v) is 16.0. The van der Waals surface area contributed by atoms with Crippen molar-refractivity contribution in [3.8, 4) is 0 Å². The molecule has 8 heteroatoms. The van der Waals surface area contributed by atoms with E-state index in [9.17, 15) is 19.5 Å². The molecule has 1 aromatic carbocycles. The third-order valence-electron chi connectivity index (χ3n) is 4.70. The maximum Gasteiger partial charge on any atom is 0.371 e. The van der Waals surface area contributed by atoms with Crippen molar-refractivity contribution < 1.29 is 38.9 Å². The molecular formula is C21H22O8. The molecule has 0 bridgehead atoms. The molecule has 2 aromatic rings. The molecule has 1 heterocycles. The lowest BCUT2D eigenvalue weighted by Gasteiger charge is -2.30. The first-order valence-corrected chi connectivity index (χ1v) is 8.76. The molecule has 29 heavy (non-hydrogen) atoms. The third kappa shape index (κ3) is 5.11. The van der Waals surface area contributed by atoms with Gasteiger partial charge in [0.05, 0.1) is 5.41 Å². The maximum absolute atomic E-state index is 11.3. The molecule has 0 saturated heterocycles. The van der Waals surface area contributed by atoms with Gasteiger partial charge in [-0.1, -0.05) is 35.9 Å². The predicted molar refractivity (Wildman–Crippen MR) is 104 cm³/mol. The fourth-order valence-electron chi connectivity index (χ4n) is 2.96. The van der Waals surface area contributed by atoms with Crippen LogP contribution in [0.2, 0.25) is 0 Å². The van der Waals surface area contributed by atoms with Crippen LogP contribution in [0.5, 0.6) is 0 Å². The highest BCUT2D eigenvalue weighted by molar-refractivity contribution is 5.91. The first kappa shape index (κ1) is 21.9. The Morgan fingerprint density at radius 1 is 1.10 bits per heavy atom. The summed E-state index contributed by atoms with van der Waals surface area (Å²) in [5.41, 5.74) is 0.267. The molecule has 0 amide bonds. The van der Waals surface area contributed by atoms with Gasteiger partial charge < -0.3 is 24.5 Å². The molecule has 1 aromatic heterocycles. The molecule has 1 atom stereocenters. The van der Waals surface area contributed by atoms with Crippen LogP contribution in [0.15, 0.2) is 58.0 Å². The van der Waals surface area contributed by atoms with E-state index in [4.69, 9.17) is 19.4 Å². The molecule has 0 spiro atoms. The van der Waals surface area contributed by atoms with Crippen LogP contribution in [-0.4, -0.2) is 46.9 Å². The summed E-state index contributed by atoms with van der Waals surface area (Å²) in [6, 6.07) is 8.70. The molecule has 3 rings (SSSR count). The van der Waals surface area contributed by atoms with Crippen LogP contribution >= 0.6 is 0 Å². The van der Waals surface area contributed by atoms with Gasteiger partial charge in [-0.3, -0.25) is 4.79 Å². The standard InChI is InChI=1S/C12H16O5.C9H6O3/c1-12(11(15)16)7-8(10(13)14)3-4-9(12)5-6-17-2;10-9(11)8-5-6-3-1-2-4-7(6)12-8/h3-4H,5-7H2,1-2H3,(H,13,14)(H,15,16);1-5H,(H,10,11). The predicted octanol–water partition coefficient (Wildman–Crippen LogP) is 3.59. The van der Waals surface area contributed by atoms with Crippen LogP contribution in [0.1, 0.15) is 30.3 Å². The minimum absolute atomic E-state index is 0.00716. The van der Waals surface area contributed by atoms with E-state index >= 15 is 0 Å². The topological polar surface area (TPSA) is 134 Å². The Morgan fingerprint density at radius 3 is 2.34 bits per heavy atom. The van der Waals surface area contributed by atoms with Crippen molar-refractivity contribution in [2.24, 2.45) is 5.41 Å². The molecule has 0 radical (unpaired) electrons. The lowest BCUT2D eigenvalue weighted by molar-refractivity contribution is -0.146. The quantitative estimate of drug-likeness (QED) is 0.667. The first-order valence-electron chi connectivity index (χ1n) is 8.76. The first-order chi connectivity index (χ1) is 13.7. The van der Waals surface area contributed by atoms with Gasteiger partial charge in [0.15, 0.2) is 0 Å². The summed E-state index contributed by atoms with van der Waals surface area (Å²) in [5.74, 6) is -3.13. The number of hydrogen-bond donors (Lipinski definition) is 3. The second-order valence-corrected chi connectivity index (χ2v) is 6.70. The molecule has 0 fully saturated rings. The summed E-state index contributed by atoms with van der Waals surface area (Å²) in [5, 5.41) is 27.6. The van der Waals surface area contributed by atoms with E-state index in [0.717, 1.165) is 5.39 Å². The van der Waals surface area contributed by atoms with Crippen LogP contribution in [0, 0.1) is 5.41 Å². The van der Waals surface area contributed by atoms with E-state index in [1.54, 1.807) is 32.2 Å². The summed E-state index contributed by atoms with van der Waals surface area (Å²) in [4.78, 5) is 32.7. The van der Waals surface area contributed by atoms with Crippen molar-refractivity contribution in [2.75, 3.05) is 13.7 Å². The summed E-state index contributed by atoms with van der Waals surface area (Å²) in [7, 11) is 1.54. The average molecular weight is 402 g/mol. The fraction of sp³-hybridized carbons (Fsp3) is 0.286. The Balaban J connectivity index is 0.000000218. The Hall–Kier alpha value is -3.39. The second kappa shape index (κ2) is 9.20. The number of carbonyl (C=O) groups is 3. The van der Waals surface area contributed by atoms with E-state index < -0.39 is 23.3 Å². The van der Waals surface area contributed by atoms with Crippen molar-refractivity contribution in [1.29, 1.82) is 0 Å². The average Bonchev–Trinajstić information content (AvgIpc) is 3.12. The zero-order chi connectivity index (χ0) is 21.6. The smallest absolute Gasteiger partial charge is 0.371 e. The molecule has 154 valence electrons. The van der Waals surface area contributed by atoms with E-state index in [-0.39, 0.29) is 17.8 Å². The van der Waals surface area contributed by atoms with Crippen molar-refractivity contribution >= 4 is 28.9 Å². The summed E-state index contributed by atoms with van der Waals surface area (Å²) < 4.78 is 9.95. The van der Waals surface area contributed by atoms with Gasteiger partial charge in [0, 0.05) is 24.7 Å². The van der Waals surface area contributed by atoms with Crippen LogP contribution in [0.4, 0.5) is 0 Å². The second-order valence-electron chi connectivity index (χ2n) is 6.70. The fourth-order valence-corrected chi connectivity index (χ4v) is 2.96. The molecule has 1 aliphatic rings. The molecule has 0 saturated carbocycles. The monoisotopic (exact) mass is 402 g/mol. The molecule has 0 aliphatic heterocycles. The minimum Gasteiger partial charge on any atom is -0.481 e. The number of hydrogen-bond acceptors (Lipinski definition) is 5. The number of aromatic carboxylic acids is 1. The van der Waals surface area contributed by atoms with Gasteiger partial charge in [-0.15, -0.1) is 0 Å². The lowest BCUT2D eigenvalue weighted by Crippen LogP contribution is -2.33. The summed E-state index contributed by atoms with van der Waals surface area (Å²) >= 11 is 0. The van der Waals surface area contributed by atoms with Crippen LogP contribution in [-0.2, 0) is 14.3 Å². The van der Waals surface area contributed by atoms with Gasteiger partial charge in [-0.25, -0.2) is 9.59 Å². The highest BCUT2D eigenvalue weighted by Gasteiger charge is 2.40. The number of allylic oxidation sites excluding steroid dienone is 2. The number of para-hydroxylation sites is 1. The van der Waals surface area contributed by atoms with Crippen LogP contribution in [0.25, 0.3) is 11.0 Å². The number of ether oxygens (including phenoxy) is 1. The summed E-state index contributed by atoms with van der Waals surface area (Å²) in [6.45, 7) is 1.97. The number of rotatable bonds is 6. The largest absolute Gasteiger partial charge is 0.481 e. The molecular weight excluding hydrogens is 380 g/mol. The van der Waals surface area contributed by atoms with Crippen molar-refractivity contribution in [1.82, 2.24) is 0 Å². The van der Waals surface area contributed by atoms with Gasteiger partial charge in [0.2, 0.25) is 5.76 Å². The number of fused-ring (bicyclic) bond motifs is 1. The SMILES string of the molecule is COCCC1=CC=C(C(=O)O)CC1(C)C(=O)O.O=C(O)c1cc2ccccc2o1. The van der Waals surface area contributed by atoms with Gasteiger partial charge in [-0.2, -0.15) is 0 Å². The highest BCUT2D eigenvalue weighted by Crippen LogP contribution is 2.39. The molecule has 1 aliphatic carbocycles. The molecule has 8 nitrogen and oxygen atoms in total. The number of methoxy groups -OCH3 is 1. The van der Waals surface area contributed by atoms with E-state index in [0.29, 0.717) is 24.2 Å². The number of aliphatic carboxylic acids is 2. The van der Waals surface area contributed by atoms with Crippen molar-refractivity contribution in [3.05, 3.63) is 59.4 Å². The van der Waals surface area contributed by atoms with Gasteiger partial charge in [-0.05, 0) is 31.9 Å². The highest BCUT2D eigenvalue weighted by atomic mass is 16.5. The number of carboxylic acids is 3. The minimum atomic E-state index is -1.15. The molecule has 1 unspecified atom stereocenters. The third-order valence-corrected chi connectivity index (χ3v) is 4.70. The van der Waals surface area contributed by atoms with Crippen LogP contribution in [0.3, 0.4) is 0 Å². The Kier molecular flexibility index (Phi) is 6.95. The van der Waals surface area contributed by atoms with Crippen LogP contribution < -0.4 is 0 Å². The zero-order valence-electron chi connectivity index (χ0n) is 16.0. The van der Waals surface area contributed by atoms with Gasteiger partial charge in [0.1, 0.15) is 5.58 Å². The number of carboxylic acid groups (broad SMARTS) is 3. The normalized spacial score (nSPS) is 18.3.